The minimum atomic E-state index is -0.540. The van der Waals surface area contributed by atoms with Crippen molar-refractivity contribution in [1.29, 1.82) is 0 Å². The van der Waals surface area contributed by atoms with E-state index in [1.807, 2.05) is 0 Å². The predicted octanol–water partition coefficient (Wildman–Crippen LogP) is 2.45. The van der Waals surface area contributed by atoms with E-state index in [2.05, 4.69) is 10.6 Å². The molecule has 4 rings (SSSR count). The van der Waals surface area contributed by atoms with Crippen molar-refractivity contribution in [3.8, 4) is 0 Å². The van der Waals surface area contributed by atoms with Gasteiger partial charge in [0.15, 0.2) is 0 Å². The summed E-state index contributed by atoms with van der Waals surface area (Å²) in [5, 5.41) is 5.71. The van der Waals surface area contributed by atoms with E-state index in [0.29, 0.717) is 17.9 Å². The number of alkyl carbamates (subject to hydrolysis) is 1. The molecule has 0 atom stereocenters. The first-order valence-electron chi connectivity index (χ1n) is 8.56. The first-order valence-corrected chi connectivity index (χ1v) is 8.56. The Balaban J connectivity index is 1.45. The Bertz CT molecular complexity index is 427. The van der Waals surface area contributed by atoms with E-state index in [0.717, 1.165) is 11.8 Å². The molecule has 0 spiro atoms. The topological polar surface area (TPSA) is 67.4 Å². The number of hydrogen-bond acceptors (Lipinski definition) is 3. The van der Waals surface area contributed by atoms with Crippen LogP contribution in [-0.4, -0.2) is 30.2 Å². The summed E-state index contributed by atoms with van der Waals surface area (Å²) in [7, 11) is 0. The van der Waals surface area contributed by atoms with Crippen molar-refractivity contribution in [2.75, 3.05) is 6.54 Å². The first-order chi connectivity index (χ1) is 10.3. The Labute approximate surface area is 132 Å². The molecule has 5 heteroatoms. The lowest BCUT2D eigenvalue weighted by atomic mass is 9.54. The van der Waals surface area contributed by atoms with Crippen molar-refractivity contribution in [1.82, 2.24) is 10.6 Å². The molecule has 5 nitrogen and oxygen atoms in total. The van der Waals surface area contributed by atoms with E-state index in [1.165, 1.54) is 32.1 Å². The van der Waals surface area contributed by atoms with Crippen LogP contribution in [-0.2, 0) is 9.53 Å². The summed E-state index contributed by atoms with van der Waals surface area (Å²) in [6.07, 6.45) is 5.98. The van der Waals surface area contributed by atoms with E-state index >= 15 is 0 Å². The van der Waals surface area contributed by atoms with Crippen LogP contribution in [0, 0.1) is 23.7 Å². The molecule has 4 fully saturated rings. The largest absolute Gasteiger partial charge is 0.444 e. The SMILES string of the molecule is CC(C)(C)OC(=O)NCC(=O)NC1C2CC3CC(C2)CC1C3. The first kappa shape index (κ1) is 15.6. The number of hydrogen-bond donors (Lipinski definition) is 2. The van der Waals surface area contributed by atoms with Crippen LogP contribution in [0.4, 0.5) is 4.79 Å². The van der Waals surface area contributed by atoms with Crippen molar-refractivity contribution in [2.45, 2.75) is 64.5 Å². The number of nitrogens with one attached hydrogen (secondary N) is 2. The summed E-state index contributed by atoms with van der Waals surface area (Å²) < 4.78 is 5.14. The minimum absolute atomic E-state index is 0.00227. The van der Waals surface area contributed by atoms with E-state index in [1.54, 1.807) is 20.8 Å². The monoisotopic (exact) mass is 308 g/mol. The molecule has 0 saturated heterocycles. The highest BCUT2D eigenvalue weighted by Gasteiger charge is 2.48. The summed E-state index contributed by atoms with van der Waals surface area (Å²) in [4.78, 5) is 23.7. The van der Waals surface area contributed by atoms with Gasteiger partial charge >= 0.3 is 6.09 Å². The van der Waals surface area contributed by atoms with Gasteiger partial charge < -0.3 is 15.4 Å². The van der Waals surface area contributed by atoms with Crippen LogP contribution in [0.15, 0.2) is 0 Å². The number of rotatable bonds is 3. The Kier molecular flexibility index (Phi) is 4.08. The molecular weight excluding hydrogens is 280 g/mol. The van der Waals surface area contributed by atoms with Crippen LogP contribution in [0.25, 0.3) is 0 Å². The molecule has 22 heavy (non-hydrogen) atoms. The molecule has 124 valence electrons. The Morgan fingerprint density at radius 3 is 2.05 bits per heavy atom. The van der Waals surface area contributed by atoms with Crippen LogP contribution >= 0.6 is 0 Å². The molecule has 0 aromatic heterocycles. The van der Waals surface area contributed by atoms with E-state index < -0.39 is 11.7 Å². The lowest BCUT2D eigenvalue weighted by Gasteiger charge is -2.54. The maximum Gasteiger partial charge on any atom is 0.408 e. The van der Waals surface area contributed by atoms with E-state index in [-0.39, 0.29) is 12.5 Å². The Hall–Kier alpha value is -1.26. The fraction of sp³-hybridized carbons (Fsp3) is 0.882. The van der Waals surface area contributed by atoms with Gasteiger partial charge in [0.25, 0.3) is 0 Å². The van der Waals surface area contributed by atoms with Gasteiger partial charge in [-0.15, -0.1) is 0 Å². The van der Waals surface area contributed by atoms with Crippen LogP contribution < -0.4 is 10.6 Å². The predicted molar refractivity (Wildman–Crippen MR) is 83.2 cm³/mol. The van der Waals surface area contributed by atoms with Crippen molar-refractivity contribution in [2.24, 2.45) is 23.7 Å². The Morgan fingerprint density at radius 2 is 1.55 bits per heavy atom. The quantitative estimate of drug-likeness (QED) is 0.841. The van der Waals surface area contributed by atoms with Crippen molar-refractivity contribution >= 4 is 12.0 Å². The zero-order valence-electron chi connectivity index (χ0n) is 13.9. The molecule has 4 bridgehead atoms. The number of ether oxygens (including phenoxy) is 1. The summed E-state index contributed by atoms with van der Waals surface area (Å²) in [5.74, 6) is 3.01. The molecule has 0 radical (unpaired) electrons. The molecule has 0 aliphatic heterocycles. The van der Waals surface area contributed by atoms with Gasteiger partial charge in [0.2, 0.25) is 5.91 Å². The molecule has 4 saturated carbocycles. The smallest absolute Gasteiger partial charge is 0.408 e. The highest BCUT2D eigenvalue weighted by molar-refractivity contribution is 5.82. The van der Waals surface area contributed by atoms with Gasteiger partial charge in [-0.25, -0.2) is 4.79 Å². The lowest BCUT2D eigenvalue weighted by molar-refractivity contribution is -0.124. The molecule has 0 aromatic carbocycles. The molecule has 0 unspecified atom stereocenters. The van der Waals surface area contributed by atoms with Gasteiger partial charge in [-0.05, 0) is 76.5 Å². The molecular formula is C17H28N2O3. The van der Waals surface area contributed by atoms with Crippen LogP contribution in [0.5, 0.6) is 0 Å². The van der Waals surface area contributed by atoms with Gasteiger partial charge in [-0.2, -0.15) is 0 Å². The highest BCUT2D eigenvalue weighted by Crippen LogP contribution is 2.53. The molecule has 4 aliphatic carbocycles. The molecule has 2 amide bonds. The standard InChI is InChI=1S/C17H28N2O3/c1-17(2,3)22-16(21)18-9-14(20)19-15-12-5-10-4-11(7-12)8-13(15)6-10/h10-13,15H,4-9H2,1-3H3,(H,18,21)(H,19,20). The van der Waals surface area contributed by atoms with Crippen LogP contribution in [0.3, 0.4) is 0 Å². The summed E-state index contributed by atoms with van der Waals surface area (Å²) in [6, 6.07) is 0.320. The maximum atomic E-state index is 12.1. The van der Waals surface area contributed by atoms with Gasteiger partial charge in [0.1, 0.15) is 12.1 Å². The van der Waals surface area contributed by atoms with Gasteiger partial charge in [0.05, 0.1) is 0 Å². The third-order valence-electron chi connectivity index (χ3n) is 5.35. The molecule has 0 aromatic rings. The number of amides is 2. The second kappa shape index (κ2) is 5.74. The average molecular weight is 308 g/mol. The third kappa shape index (κ3) is 3.55. The molecule has 2 N–H and O–H groups in total. The second-order valence-corrected chi connectivity index (χ2v) is 8.38. The third-order valence-corrected chi connectivity index (χ3v) is 5.35. The van der Waals surface area contributed by atoms with E-state index in [9.17, 15) is 9.59 Å². The van der Waals surface area contributed by atoms with Gasteiger partial charge in [-0.3, -0.25) is 4.79 Å². The Morgan fingerprint density at radius 1 is 1.00 bits per heavy atom. The van der Waals surface area contributed by atoms with Crippen LogP contribution in [0.1, 0.15) is 52.9 Å². The van der Waals surface area contributed by atoms with Gasteiger partial charge in [0, 0.05) is 6.04 Å². The fourth-order valence-corrected chi connectivity index (χ4v) is 4.86. The van der Waals surface area contributed by atoms with Gasteiger partial charge in [-0.1, -0.05) is 0 Å². The minimum Gasteiger partial charge on any atom is -0.444 e. The number of carbonyl (C=O) groups excluding carboxylic acids is 2. The zero-order chi connectivity index (χ0) is 15.9. The van der Waals surface area contributed by atoms with Crippen LogP contribution in [0.2, 0.25) is 0 Å². The fourth-order valence-electron chi connectivity index (χ4n) is 4.86. The summed E-state index contributed by atoms with van der Waals surface area (Å²) in [6.45, 7) is 5.42. The van der Waals surface area contributed by atoms with Crippen molar-refractivity contribution < 1.29 is 14.3 Å². The average Bonchev–Trinajstić information content (AvgIpc) is 2.38. The normalized spacial score (nSPS) is 36.0. The summed E-state index contributed by atoms with van der Waals surface area (Å²) >= 11 is 0. The number of carbonyl (C=O) groups is 2. The highest BCUT2D eigenvalue weighted by atomic mass is 16.6. The van der Waals surface area contributed by atoms with Crippen molar-refractivity contribution in [3.05, 3.63) is 0 Å². The molecule has 4 aliphatic rings. The van der Waals surface area contributed by atoms with Crippen molar-refractivity contribution in [3.63, 3.8) is 0 Å². The van der Waals surface area contributed by atoms with E-state index in [4.69, 9.17) is 4.74 Å². The lowest BCUT2D eigenvalue weighted by Crippen LogP contribution is -2.57. The molecule has 0 heterocycles. The zero-order valence-corrected chi connectivity index (χ0v) is 13.9. The second-order valence-electron chi connectivity index (χ2n) is 8.38. The summed E-state index contributed by atoms with van der Waals surface area (Å²) in [5.41, 5.74) is -0.540. The maximum absolute atomic E-state index is 12.1.